The highest BCUT2D eigenvalue weighted by molar-refractivity contribution is 8.47. The first kappa shape index (κ1) is 19.1. The predicted octanol–water partition coefficient (Wildman–Crippen LogP) is 7.01. The minimum Gasteiger partial charge on any atom is -0.361 e. The fourth-order valence-electron chi connectivity index (χ4n) is 1.89. The van der Waals surface area contributed by atoms with E-state index in [2.05, 4.69) is 25.9 Å². The van der Waals surface area contributed by atoms with Crippen molar-refractivity contribution in [2.45, 2.75) is 38.2 Å². The first-order valence-electron chi connectivity index (χ1n) is 6.94. The SMILES string of the molecule is Cc1onc(-c2c(Cl)cccc2Cl)c1CSC(=S)SC(C)(C)C. The smallest absolute Gasteiger partial charge is 0.138 e. The van der Waals surface area contributed by atoms with E-state index in [-0.39, 0.29) is 4.75 Å². The number of halogens is 2. The number of nitrogens with zero attached hydrogens (tertiary/aromatic N) is 1. The Hall–Kier alpha value is -0.200. The van der Waals surface area contributed by atoms with E-state index in [1.807, 2.05) is 13.0 Å². The summed E-state index contributed by atoms with van der Waals surface area (Å²) in [5.41, 5.74) is 2.37. The molecule has 0 radical (unpaired) electrons. The Morgan fingerprint density at radius 1 is 1.26 bits per heavy atom. The molecule has 2 nitrogen and oxygen atoms in total. The summed E-state index contributed by atoms with van der Waals surface area (Å²) in [6.07, 6.45) is 0. The molecule has 0 aliphatic rings. The Labute approximate surface area is 160 Å². The van der Waals surface area contributed by atoms with Crippen LogP contribution in [0.25, 0.3) is 11.3 Å². The average molecular weight is 406 g/mol. The molecule has 2 aromatic rings. The van der Waals surface area contributed by atoms with Crippen molar-refractivity contribution in [1.29, 1.82) is 0 Å². The zero-order valence-corrected chi connectivity index (χ0v) is 17.2. The maximum absolute atomic E-state index is 6.29. The lowest BCUT2D eigenvalue weighted by molar-refractivity contribution is 0.398. The predicted molar refractivity (Wildman–Crippen MR) is 108 cm³/mol. The van der Waals surface area contributed by atoms with E-state index in [9.17, 15) is 0 Å². The van der Waals surface area contributed by atoms with Gasteiger partial charge in [-0.1, -0.05) is 67.4 Å². The minimum absolute atomic E-state index is 0.0999. The molecule has 0 atom stereocenters. The number of thiocarbonyl (C=S) groups is 1. The van der Waals surface area contributed by atoms with Gasteiger partial charge >= 0.3 is 0 Å². The molecule has 0 aliphatic heterocycles. The van der Waals surface area contributed by atoms with E-state index in [1.165, 1.54) is 0 Å². The number of thioether (sulfide) groups is 2. The average Bonchev–Trinajstić information content (AvgIpc) is 2.76. The Morgan fingerprint density at radius 3 is 2.43 bits per heavy atom. The first-order valence-corrected chi connectivity index (χ1v) is 9.91. The summed E-state index contributed by atoms with van der Waals surface area (Å²) in [7, 11) is 0. The van der Waals surface area contributed by atoms with Crippen LogP contribution in [0.5, 0.6) is 0 Å². The van der Waals surface area contributed by atoms with Crippen molar-refractivity contribution >= 4 is 62.5 Å². The van der Waals surface area contributed by atoms with Crippen LogP contribution in [0.4, 0.5) is 0 Å². The molecular formula is C16H17Cl2NOS3. The van der Waals surface area contributed by atoms with E-state index >= 15 is 0 Å². The maximum Gasteiger partial charge on any atom is 0.138 e. The van der Waals surface area contributed by atoms with Crippen molar-refractivity contribution in [3.05, 3.63) is 39.6 Å². The quantitative estimate of drug-likeness (QED) is 0.511. The molecular weight excluding hydrogens is 389 g/mol. The minimum atomic E-state index is 0.0999. The zero-order valence-electron chi connectivity index (χ0n) is 13.3. The van der Waals surface area contributed by atoms with Crippen LogP contribution in [0, 0.1) is 6.92 Å². The largest absolute Gasteiger partial charge is 0.361 e. The number of aryl methyl sites for hydroxylation is 1. The molecule has 1 aromatic heterocycles. The summed E-state index contributed by atoms with van der Waals surface area (Å²) in [5, 5.41) is 5.27. The van der Waals surface area contributed by atoms with Crippen LogP contribution in [-0.2, 0) is 5.75 Å². The standard InChI is InChI=1S/C16H17Cl2NOS3/c1-9-10(8-22-15(21)23-16(2,3)4)14(19-20-9)13-11(17)6-5-7-12(13)18/h5-7H,8H2,1-4H3. The second kappa shape index (κ2) is 7.79. The van der Waals surface area contributed by atoms with Crippen LogP contribution in [0.15, 0.2) is 22.7 Å². The monoisotopic (exact) mass is 405 g/mol. The summed E-state index contributed by atoms with van der Waals surface area (Å²) in [6.45, 7) is 8.31. The van der Waals surface area contributed by atoms with Crippen LogP contribution >= 0.6 is 58.9 Å². The molecule has 0 amide bonds. The third-order valence-corrected chi connectivity index (χ3v) is 6.19. The molecule has 0 bridgehead atoms. The second-order valence-corrected chi connectivity index (χ2v) is 10.7. The highest BCUT2D eigenvalue weighted by atomic mass is 35.5. The summed E-state index contributed by atoms with van der Waals surface area (Å²) in [6, 6.07) is 5.40. The van der Waals surface area contributed by atoms with Crippen molar-refractivity contribution in [1.82, 2.24) is 5.16 Å². The lowest BCUT2D eigenvalue weighted by Gasteiger charge is -2.17. The van der Waals surface area contributed by atoms with Crippen molar-refractivity contribution in [2.75, 3.05) is 0 Å². The Kier molecular flexibility index (Phi) is 6.48. The van der Waals surface area contributed by atoms with Gasteiger partial charge < -0.3 is 4.52 Å². The van der Waals surface area contributed by atoms with Gasteiger partial charge in [-0.05, 0) is 19.1 Å². The Morgan fingerprint density at radius 2 is 1.87 bits per heavy atom. The zero-order chi connectivity index (χ0) is 17.2. The molecule has 0 saturated carbocycles. The molecule has 2 rings (SSSR count). The molecule has 0 N–H and O–H groups in total. The Balaban J connectivity index is 2.25. The van der Waals surface area contributed by atoms with E-state index in [4.69, 9.17) is 39.9 Å². The van der Waals surface area contributed by atoms with Gasteiger partial charge in [0.2, 0.25) is 0 Å². The fraction of sp³-hybridized carbons (Fsp3) is 0.375. The van der Waals surface area contributed by atoms with Crippen molar-refractivity contribution < 1.29 is 4.52 Å². The molecule has 1 heterocycles. The van der Waals surface area contributed by atoms with Gasteiger partial charge in [0.05, 0.1) is 10.0 Å². The highest BCUT2D eigenvalue weighted by Gasteiger charge is 2.21. The number of hydrogen-bond donors (Lipinski definition) is 0. The van der Waals surface area contributed by atoms with Crippen LogP contribution in [0.1, 0.15) is 32.1 Å². The van der Waals surface area contributed by atoms with Gasteiger partial charge in [-0.2, -0.15) is 0 Å². The Bertz CT molecular complexity index is 702. The van der Waals surface area contributed by atoms with Crippen molar-refractivity contribution in [3.63, 3.8) is 0 Å². The molecule has 124 valence electrons. The summed E-state index contributed by atoms with van der Waals surface area (Å²) >= 11 is 21.3. The first-order chi connectivity index (χ1) is 10.7. The van der Waals surface area contributed by atoms with Crippen LogP contribution < -0.4 is 0 Å². The van der Waals surface area contributed by atoms with E-state index < -0.39 is 0 Å². The molecule has 0 aliphatic carbocycles. The van der Waals surface area contributed by atoms with Gasteiger partial charge in [-0.25, -0.2) is 0 Å². The lowest BCUT2D eigenvalue weighted by Crippen LogP contribution is -2.09. The molecule has 0 unspecified atom stereocenters. The number of hydrogen-bond acceptors (Lipinski definition) is 5. The molecule has 0 spiro atoms. The van der Waals surface area contributed by atoms with E-state index in [0.717, 1.165) is 14.9 Å². The molecule has 0 saturated heterocycles. The van der Waals surface area contributed by atoms with Crippen LogP contribution in [0.2, 0.25) is 10.0 Å². The third kappa shape index (κ3) is 5.13. The summed E-state index contributed by atoms with van der Waals surface area (Å²) < 4.78 is 6.36. The van der Waals surface area contributed by atoms with Gasteiger partial charge in [-0.15, -0.1) is 23.5 Å². The third-order valence-electron chi connectivity index (χ3n) is 2.91. The van der Waals surface area contributed by atoms with Gasteiger partial charge in [0.25, 0.3) is 0 Å². The maximum atomic E-state index is 6.29. The van der Waals surface area contributed by atoms with Crippen molar-refractivity contribution in [2.24, 2.45) is 0 Å². The summed E-state index contributed by atoms with van der Waals surface area (Å²) in [4.78, 5) is 0. The molecule has 23 heavy (non-hydrogen) atoms. The van der Waals surface area contributed by atoms with E-state index in [0.29, 0.717) is 27.1 Å². The van der Waals surface area contributed by atoms with Gasteiger partial charge in [0, 0.05) is 21.6 Å². The number of aromatic nitrogens is 1. The molecule has 1 aromatic carbocycles. The van der Waals surface area contributed by atoms with Gasteiger partial charge in [0.1, 0.15) is 15.0 Å². The highest BCUT2D eigenvalue weighted by Crippen LogP contribution is 2.39. The fourth-order valence-corrected chi connectivity index (χ4v) is 5.66. The molecule has 7 heteroatoms. The topological polar surface area (TPSA) is 26.0 Å². The number of rotatable bonds is 3. The second-order valence-electron chi connectivity index (χ2n) is 5.92. The number of benzene rings is 1. The normalized spacial score (nSPS) is 11.7. The van der Waals surface area contributed by atoms with E-state index in [1.54, 1.807) is 35.7 Å². The van der Waals surface area contributed by atoms with Crippen LogP contribution in [0.3, 0.4) is 0 Å². The van der Waals surface area contributed by atoms with Crippen molar-refractivity contribution in [3.8, 4) is 11.3 Å². The lowest BCUT2D eigenvalue weighted by atomic mass is 10.1. The van der Waals surface area contributed by atoms with Crippen LogP contribution in [-0.4, -0.2) is 13.4 Å². The van der Waals surface area contributed by atoms with Gasteiger partial charge in [0.15, 0.2) is 0 Å². The van der Waals surface area contributed by atoms with Gasteiger partial charge in [-0.3, -0.25) is 0 Å². The molecule has 0 fully saturated rings. The summed E-state index contributed by atoms with van der Waals surface area (Å²) in [5.74, 6) is 1.43.